The van der Waals surface area contributed by atoms with E-state index in [2.05, 4.69) is 89.2 Å². The van der Waals surface area contributed by atoms with Crippen LogP contribution >= 0.6 is 31.9 Å². The number of aromatic amines is 2. The summed E-state index contributed by atoms with van der Waals surface area (Å²) in [5.74, 6) is 0. The summed E-state index contributed by atoms with van der Waals surface area (Å²) in [7, 11) is 0. The van der Waals surface area contributed by atoms with Crippen LogP contribution in [0, 0.1) is 0 Å². The first-order valence-electron chi connectivity index (χ1n) is 10.7. The molecule has 30 heavy (non-hydrogen) atoms. The lowest BCUT2D eigenvalue weighted by Gasteiger charge is -2.14. The van der Waals surface area contributed by atoms with E-state index in [-0.39, 0.29) is 0 Å². The summed E-state index contributed by atoms with van der Waals surface area (Å²) in [6.07, 6.45) is 4.97. The van der Waals surface area contributed by atoms with Crippen LogP contribution in [0.15, 0.2) is 51.4 Å². The topological polar surface area (TPSA) is 34.8 Å². The van der Waals surface area contributed by atoms with Gasteiger partial charge in [0.2, 0.25) is 0 Å². The van der Waals surface area contributed by atoms with Gasteiger partial charge in [0.1, 0.15) is 0 Å². The largest absolute Gasteiger partial charge is 0.354 e. The number of halogens is 2. The van der Waals surface area contributed by atoms with Crippen molar-refractivity contribution >= 4 is 75.5 Å². The molecule has 0 saturated carbocycles. The molecule has 0 spiro atoms. The summed E-state index contributed by atoms with van der Waals surface area (Å²) in [4.78, 5) is 10.1. The number of fused-ring (bicyclic) bond motifs is 6. The zero-order valence-electron chi connectivity index (χ0n) is 16.7. The van der Waals surface area contributed by atoms with Crippen molar-refractivity contribution in [3.05, 3.63) is 57.0 Å². The van der Waals surface area contributed by atoms with Crippen molar-refractivity contribution in [3.8, 4) is 0 Å². The molecule has 0 aliphatic carbocycles. The van der Waals surface area contributed by atoms with Gasteiger partial charge in [-0.25, -0.2) is 0 Å². The predicted molar refractivity (Wildman–Crippen MR) is 135 cm³/mol. The lowest BCUT2D eigenvalue weighted by molar-refractivity contribution is 0.334. The first-order chi connectivity index (χ1) is 14.7. The van der Waals surface area contributed by atoms with Crippen molar-refractivity contribution < 1.29 is 0 Å². The molecule has 1 aliphatic heterocycles. The van der Waals surface area contributed by atoms with Crippen LogP contribution in [0.4, 0.5) is 0 Å². The molecule has 1 saturated heterocycles. The molecule has 3 nitrogen and oxygen atoms in total. The van der Waals surface area contributed by atoms with Gasteiger partial charge in [-0.2, -0.15) is 0 Å². The highest BCUT2D eigenvalue weighted by atomic mass is 79.9. The zero-order valence-corrected chi connectivity index (χ0v) is 19.9. The minimum absolute atomic E-state index is 1.08. The Morgan fingerprint density at radius 1 is 0.733 bits per heavy atom. The van der Waals surface area contributed by atoms with E-state index in [4.69, 9.17) is 0 Å². The number of aromatic nitrogens is 2. The van der Waals surface area contributed by atoms with E-state index in [1.54, 1.807) is 0 Å². The van der Waals surface area contributed by atoms with Crippen LogP contribution in [-0.4, -0.2) is 34.5 Å². The van der Waals surface area contributed by atoms with Gasteiger partial charge in [0.25, 0.3) is 0 Å². The fraction of sp³-hybridized carbons (Fsp3) is 0.280. The summed E-state index contributed by atoms with van der Waals surface area (Å²) in [6, 6.07) is 15.4. The quantitative estimate of drug-likeness (QED) is 0.250. The second-order valence-electron chi connectivity index (χ2n) is 8.48. The number of hydrogen-bond acceptors (Lipinski definition) is 1. The molecular weight excluding hydrogens is 502 g/mol. The molecule has 3 aromatic carbocycles. The van der Waals surface area contributed by atoms with Crippen LogP contribution < -0.4 is 0 Å². The summed E-state index contributed by atoms with van der Waals surface area (Å²) in [5.41, 5.74) is 6.38. The third kappa shape index (κ3) is 3.10. The van der Waals surface area contributed by atoms with E-state index in [1.165, 1.54) is 88.1 Å². The molecule has 0 radical (unpaired) electrons. The summed E-state index contributed by atoms with van der Waals surface area (Å²) in [5, 5.41) is 5.20. The molecule has 3 heterocycles. The maximum atomic E-state index is 3.74. The van der Waals surface area contributed by atoms with Gasteiger partial charge in [-0.1, -0.05) is 31.9 Å². The second kappa shape index (κ2) is 7.40. The first kappa shape index (κ1) is 18.9. The minimum atomic E-state index is 1.08. The normalized spacial score (nSPS) is 15.4. The lowest BCUT2D eigenvalue weighted by atomic mass is 10.00. The van der Waals surface area contributed by atoms with Gasteiger partial charge in [0.05, 0.1) is 11.0 Å². The smallest absolute Gasteiger partial charge is 0.0518 e. The van der Waals surface area contributed by atoms with Gasteiger partial charge >= 0.3 is 0 Å². The van der Waals surface area contributed by atoms with Crippen molar-refractivity contribution in [1.82, 2.24) is 14.9 Å². The Balaban J connectivity index is 1.58. The molecule has 0 atom stereocenters. The number of likely N-dealkylation sites (tertiary alicyclic amines) is 1. The number of H-pyrrole nitrogens is 2. The molecule has 0 bridgehead atoms. The van der Waals surface area contributed by atoms with Gasteiger partial charge in [-0.05, 0) is 87.8 Å². The van der Waals surface area contributed by atoms with E-state index < -0.39 is 0 Å². The van der Waals surface area contributed by atoms with E-state index >= 15 is 0 Å². The van der Waals surface area contributed by atoms with Crippen LogP contribution in [0.2, 0.25) is 0 Å². The Bertz CT molecular complexity index is 1310. The second-order valence-corrected chi connectivity index (χ2v) is 10.3. The maximum Gasteiger partial charge on any atom is 0.0518 e. The molecule has 0 unspecified atom stereocenters. The molecule has 152 valence electrons. The monoisotopic (exact) mass is 523 g/mol. The van der Waals surface area contributed by atoms with Crippen molar-refractivity contribution in [2.45, 2.75) is 25.7 Å². The maximum absolute atomic E-state index is 3.74. The fourth-order valence-electron chi connectivity index (χ4n) is 5.15. The van der Waals surface area contributed by atoms with Gasteiger partial charge in [0, 0.05) is 47.1 Å². The Hall–Kier alpha value is -1.82. The highest BCUT2D eigenvalue weighted by Crippen LogP contribution is 2.38. The van der Waals surface area contributed by atoms with E-state index in [9.17, 15) is 0 Å². The highest BCUT2D eigenvalue weighted by molar-refractivity contribution is 9.10. The number of hydrogen-bond donors (Lipinski definition) is 2. The molecule has 5 aromatic rings. The zero-order chi connectivity index (χ0) is 20.2. The number of benzene rings is 3. The Labute approximate surface area is 192 Å². The highest BCUT2D eigenvalue weighted by Gasteiger charge is 2.17. The fourth-order valence-corrected chi connectivity index (χ4v) is 5.87. The van der Waals surface area contributed by atoms with E-state index in [1.807, 2.05) is 0 Å². The molecule has 1 aliphatic rings. The Morgan fingerprint density at radius 3 is 1.87 bits per heavy atom. The Morgan fingerprint density at radius 2 is 1.30 bits per heavy atom. The van der Waals surface area contributed by atoms with E-state index in [0.29, 0.717) is 0 Å². The standard InChI is InChI=1S/C25H23Br2N3/c26-15-5-7-22-18(12-15)20-14-21-19-13-16(27)6-8-23(19)29-25(21)17(24(20)28-22)4-3-11-30-9-1-2-10-30/h5-8,12-14,28-29H,1-4,9-11H2. The van der Waals surface area contributed by atoms with Crippen molar-refractivity contribution in [2.24, 2.45) is 0 Å². The summed E-state index contributed by atoms with van der Waals surface area (Å²) < 4.78 is 2.24. The molecule has 0 amide bonds. The average molecular weight is 525 g/mol. The molecule has 5 heteroatoms. The molecule has 1 fully saturated rings. The number of aryl methyl sites for hydroxylation is 1. The van der Waals surface area contributed by atoms with Gasteiger partial charge < -0.3 is 14.9 Å². The van der Waals surface area contributed by atoms with Crippen LogP contribution in [0.1, 0.15) is 24.8 Å². The molecule has 2 N–H and O–H groups in total. The third-order valence-corrected chi connectivity index (χ3v) is 7.58. The molecule has 2 aromatic heterocycles. The number of nitrogens with zero attached hydrogens (tertiary/aromatic N) is 1. The SMILES string of the molecule is Brc1ccc2[nH]c3c(CCCN4CCCC4)c4[nH]c5ccc(Br)cc5c4cc3c2c1. The molecular formula is C25H23Br2N3. The summed E-state index contributed by atoms with van der Waals surface area (Å²) >= 11 is 7.32. The average Bonchev–Trinajstić information content (AvgIpc) is 3.45. The number of rotatable bonds is 4. The Kier molecular flexibility index (Phi) is 4.66. The minimum Gasteiger partial charge on any atom is -0.354 e. The number of nitrogens with one attached hydrogen (secondary N) is 2. The van der Waals surface area contributed by atoms with Crippen LogP contribution in [0.3, 0.4) is 0 Å². The third-order valence-electron chi connectivity index (χ3n) is 6.59. The van der Waals surface area contributed by atoms with Crippen LogP contribution in [-0.2, 0) is 6.42 Å². The van der Waals surface area contributed by atoms with Gasteiger partial charge in [0.15, 0.2) is 0 Å². The van der Waals surface area contributed by atoms with Gasteiger partial charge in [-0.3, -0.25) is 0 Å². The van der Waals surface area contributed by atoms with Crippen molar-refractivity contribution in [1.29, 1.82) is 0 Å². The van der Waals surface area contributed by atoms with E-state index in [0.717, 1.165) is 15.4 Å². The van der Waals surface area contributed by atoms with Crippen LogP contribution in [0.5, 0.6) is 0 Å². The van der Waals surface area contributed by atoms with Crippen LogP contribution in [0.25, 0.3) is 43.6 Å². The molecule has 6 rings (SSSR count). The van der Waals surface area contributed by atoms with Crippen molar-refractivity contribution in [2.75, 3.05) is 19.6 Å². The lowest BCUT2D eigenvalue weighted by Crippen LogP contribution is -2.20. The van der Waals surface area contributed by atoms with Crippen molar-refractivity contribution in [3.63, 3.8) is 0 Å². The summed E-state index contributed by atoms with van der Waals surface area (Å²) in [6.45, 7) is 3.72. The van der Waals surface area contributed by atoms with Gasteiger partial charge in [-0.15, -0.1) is 0 Å². The predicted octanol–water partition coefficient (Wildman–Crippen LogP) is 7.51. The first-order valence-corrected chi connectivity index (χ1v) is 12.3.